The molecule has 3 rings (SSSR count). The molecule has 0 saturated carbocycles. The molecule has 0 aliphatic rings. The number of amides is 1. The van der Waals surface area contributed by atoms with E-state index in [2.05, 4.69) is 10.3 Å². The van der Waals surface area contributed by atoms with Crippen LogP contribution in [0.5, 0.6) is 0 Å². The number of hydrogen-bond donors (Lipinski definition) is 2. The second-order valence-corrected chi connectivity index (χ2v) is 6.96. The number of carbonyl (C=O) groups is 1. The summed E-state index contributed by atoms with van der Waals surface area (Å²) in [7, 11) is 0. The van der Waals surface area contributed by atoms with E-state index in [1.54, 1.807) is 31.2 Å². The molecule has 0 bridgehead atoms. The highest BCUT2D eigenvalue weighted by atomic mass is 35.5. The van der Waals surface area contributed by atoms with Gasteiger partial charge in [0, 0.05) is 16.8 Å². The lowest BCUT2D eigenvalue weighted by molar-refractivity contribution is -0.137. The fourth-order valence-electron chi connectivity index (χ4n) is 2.24. The Labute approximate surface area is 159 Å². The molecule has 1 amide bonds. The largest absolute Gasteiger partial charge is 0.417 e. The van der Waals surface area contributed by atoms with E-state index in [1.807, 2.05) is 4.98 Å². The molecular formula is C17H11ClF3N3O2S. The number of hydrogen-bond acceptors (Lipinski definition) is 4. The van der Waals surface area contributed by atoms with Gasteiger partial charge in [-0.1, -0.05) is 23.7 Å². The van der Waals surface area contributed by atoms with Crippen molar-refractivity contribution >= 4 is 34.5 Å². The van der Waals surface area contributed by atoms with Gasteiger partial charge in [0.15, 0.2) is 0 Å². The highest BCUT2D eigenvalue weighted by Gasteiger charge is 2.31. The third-order valence-electron chi connectivity index (χ3n) is 3.57. The maximum absolute atomic E-state index is 12.8. The summed E-state index contributed by atoms with van der Waals surface area (Å²) in [6.07, 6.45) is -4.10. The summed E-state index contributed by atoms with van der Waals surface area (Å²) in [6.45, 7) is 1.60. The molecule has 5 nitrogen and oxygen atoms in total. The lowest BCUT2D eigenvalue weighted by Gasteiger charge is -2.08. The first-order valence-electron chi connectivity index (χ1n) is 7.50. The molecule has 0 saturated heterocycles. The third-order valence-corrected chi connectivity index (χ3v) is 5.03. The fraction of sp³-hybridized carbons (Fsp3) is 0.118. The van der Waals surface area contributed by atoms with Crippen LogP contribution in [0.4, 0.5) is 18.9 Å². The van der Waals surface area contributed by atoms with Gasteiger partial charge in [-0.2, -0.15) is 13.2 Å². The summed E-state index contributed by atoms with van der Waals surface area (Å²) in [5, 5.41) is 3.32. The predicted octanol–water partition coefficient (Wildman–Crippen LogP) is 4.73. The minimum Gasteiger partial charge on any atom is -0.327 e. The van der Waals surface area contributed by atoms with Crippen molar-refractivity contribution in [2.24, 2.45) is 0 Å². The molecule has 0 aliphatic carbocycles. The lowest BCUT2D eigenvalue weighted by atomic mass is 10.2. The number of thiazole rings is 1. The van der Waals surface area contributed by atoms with Crippen LogP contribution in [0.3, 0.4) is 0 Å². The Morgan fingerprint density at radius 3 is 2.56 bits per heavy atom. The molecule has 0 fully saturated rings. The molecule has 0 radical (unpaired) electrons. The second-order valence-electron chi connectivity index (χ2n) is 5.52. The molecule has 0 aliphatic heterocycles. The van der Waals surface area contributed by atoms with Crippen LogP contribution in [0, 0.1) is 6.92 Å². The van der Waals surface area contributed by atoms with Gasteiger partial charge in [0.2, 0.25) is 0 Å². The average Bonchev–Trinajstić information content (AvgIpc) is 2.98. The number of aromatic nitrogens is 2. The summed E-state index contributed by atoms with van der Waals surface area (Å²) >= 11 is 6.90. The van der Waals surface area contributed by atoms with Gasteiger partial charge in [-0.25, -0.2) is 4.98 Å². The number of H-pyrrole nitrogens is 1. The van der Waals surface area contributed by atoms with Crippen molar-refractivity contribution in [2.75, 3.05) is 5.32 Å². The highest BCUT2D eigenvalue weighted by Crippen LogP contribution is 2.31. The molecule has 2 aromatic heterocycles. The van der Waals surface area contributed by atoms with Gasteiger partial charge in [0.1, 0.15) is 15.6 Å². The molecule has 0 unspecified atom stereocenters. The van der Waals surface area contributed by atoms with E-state index < -0.39 is 28.9 Å². The van der Waals surface area contributed by atoms with E-state index in [9.17, 15) is 22.8 Å². The maximum atomic E-state index is 12.8. The van der Waals surface area contributed by atoms with Gasteiger partial charge in [-0.05, 0) is 25.1 Å². The Kier molecular flexibility index (Phi) is 5.07. The van der Waals surface area contributed by atoms with Crippen LogP contribution < -0.4 is 10.9 Å². The number of nitrogens with zero attached hydrogens (tertiary/aromatic N) is 1. The second kappa shape index (κ2) is 7.16. The first-order valence-corrected chi connectivity index (χ1v) is 8.69. The van der Waals surface area contributed by atoms with Gasteiger partial charge < -0.3 is 10.3 Å². The number of nitrogens with one attached hydrogen (secondary N) is 2. The summed E-state index contributed by atoms with van der Waals surface area (Å²) in [5.74, 6) is -0.713. The monoisotopic (exact) mass is 413 g/mol. The molecule has 2 heterocycles. The number of benzene rings is 1. The van der Waals surface area contributed by atoms with E-state index in [1.165, 1.54) is 0 Å². The van der Waals surface area contributed by atoms with E-state index in [4.69, 9.17) is 11.6 Å². The van der Waals surface area contributed by atoms with Crippen LogP contribution in [-0.2, 0) is 6.18 Å². The molecular weight excluding hydrogens is 403 g/mol. The van der Waals surface area contributed by atoms with Crippen molar-refractivity contribution in [2.45, 2.75) is 13.1 Å². The normalized spacial score (nSPS) is 11.4. The quantitative estimate of drug-likeness (QED) is 0.651. The van der Waals surface area contributed by atoms with E-state index in [0.717, 1.165) is 16.9 Å². The van der Waals surface area contributed by atoms with E-state index >= 15 is 0 Å². The molecule has 2 N–H and O–H groups in total. The van der Waals surface area contributed by atoms with Gasteiger partial charge in [-0.15, -0.1) is 11.3 Å². The Hall–Kier alpha value is -2.65. The SMILES string of the molecule is Cc1nc(-c2ccc(Cl)cc2)sc1C(=O)Nc1cc(C(F)(F)F)c[nH]c1=O. The van der Waals surface area contributed by atoms with Crippen LogP contribution in [0.15, 0.2) is 41.3 Å². The molecule has 10 heteroatoms. The van der Waals surface area contributed by atoms with Crippen LogP contribution in [0.1, 0.15) is 20.9 Å². The van der Waals surface area contributed by atoms with Gasteiger partial charge >= 0.3 is 6.18 Å². The number of aryl methyl sites for hydroxylation is 1. The van der Waals surface area contributed by atoms with Gasteiger partial charge in [0.05, 0.1) is 11.3 Å². The Morgan fingerprint density at radius 2 is 1.93 bits per heavy atom. The Balaban J connectivity index is 1.89. The minimum atomic E-state index is -4.65. The number of anilines is 1. The van der Waals surface area contributed by atoms with Crippen molar-refractivity contribution < 1.29 is 18.0 Å². The zero-order valence-electron chi connectivity index (χ0n) is 13.6. The van der Waals surface area contributed by atoms with E-state index in [0.29, 0.717) is 28.0 Å². The number of rotatable bonds is 3. The first kappa shape index (κ1) is 19.1. The number of pyridine rings is 1. The van der Waals surface area contributed by atoms with E-state index in [-0.39, 0.29) is 4.88 Å². The summed E-state index contributed by atoms with van der Waals surface area (Å²) in [6, 6.07) is 7.41. The molecule has 0 atom stereocenters. The maximum Gasteiger partial charge on any atom is 0.417 e. The van der Waals surface area contributed by atoms with Crippen LogP contribution >= 0.6 is 22.9 Å². The van der Waals surface area contributed by atoms with Crippen LogP contribution in [0.25, 0.3) is 10.6 Å². The predicted molar refractivity (Wildman–Crippen MR) is 97.3 cm³/mol. The van der Waals surface area contributed by atoms with Crippen molar-refractivity contribution in [1.29, 1.82) is 0 Å². The van der Waals surface area contributed by atoms with Crippen LogP contribution in [0.2, 0.25) is 5.02 Å². The number of halogens is 4. The van der Waals surface area contributed by atoms with Gasteiger partial charge in [-0.3, -0.25) is 9.59 Å². The standard InChI is InChI=1S/C17H11ClF3N3O2S/c1-8-13(27-16(23-8)9-2-4-11(18)5-3-9)15(26)24-12-6-10(17(19,20)21)7-22-14(12)25/h2-7H,1H3,(H,22,25)(H,24,26). The summed E-state index contributed by atoms with van der Waals surface area (Å²) < 4.78 is 38.4. The smallest absolute Gasteiger partial charge is 0.327 e. The van der Waals surface area contributed by atoms with Crippen molar-refractivity contribution in [3.63, 3.8) is 0 Å². The fourth-order valence-corrected chi connectivity index (χ4v) is 3.34. The first-order chi connectivity index (χ1) is 12.6. The topological polar surface area (TPSA) is 74.8 Å². The Morgan fingerprint density at radius 1 is 1.26 bits per heavy atom. The highest BCUT2D eigenvalue weighted by molar-refractivity contribution is 7.17. The zero-order chi connectivity index (χ0) is 19.8. The zero-order valence-corrected chi connectivity index (χ0v) is 15.2. The molecule has 140 valence electrons. The number of alkyl halides is 3. The summed E-state index contributed by atoms with van der Waals surface area (Å²) in [5.41, 5.74) is -1.26. The minimum absolute atomic E-state index is 0.191. The van der Waals surface area contributed by atoms with Crippen molar-refractivity contribution in [3.05, 3.63) is 68.0 Å². The Bertz CT molecular complexity index is 1060. The summed E-state index contributed by atoms with van der Waals surface area (Å²) in [4.78, 5) is 30.7. The molecule has 3 aromatic rings. The average molecular weight is 414 g/mol. The molecule has 1 aromatic carbocycles. The van der Waals surface area contributed by atoms with Crippen molar-refractivity contribution in [3.8, 4) is 10.6 Å². The molecule has 0 spiro atoms. The van der Waals surface area contributed by atoms with Gasteiger partial charge in [0.25, 0.3) is 11.5 Å². The van der Waals surface area contributed by atoms with Crippen molar-refractivity contribution in [1.82, 2.24) is 9.97 Å². The number of aromatic amines is 1. The van der Waals surface area contributed by atoms with Crippen LogP contribution in [-0.4, -0.2) is 15.9 Å². The third kappa shape index (κ3) is 4.20. The molecule has 27 heavy (non-hydrogen) atoms. The lowest BCUT2D eigenvalue weighted by Crippen LogP contribution is -2.21. The number of carbonyl (C=O) groups excluding carboxylic acids is 1.